The number of halogens is 1. The Labute approximate surface area is 89.7 Å². The van der Waals surface area contributed by atoms with E-state index in [2.05, 4.69) is 31.5 Å². The summed E-state index contributed by atoms with van der Waals surface area (Å²) in [6.07, 6.45) is 1.58. The standard InChI is InChI=1S/C8H10BrN3O2/c9-6-1-2-7(11-5-6)12-8(14)10-3-4-13/h1-2,5,13H,3-4H2,(H2,10,11,12,14). The van der Waals surface area contributed by atoms with Crippen molar-refractivity contribution in [2.75, 3.05) is 18.5 Å². The fourth-order valence-electron chi connectivity index (χ4n) is 0.780. The quantitative estimate of drug-likeness (QED) is 0.757. The Morgan fingerprint density at radius 1 is 1.57 bits per heavy atom. The van der Waals surface area contributed by atoms with Crippen molar-refractivity contribution in [3.63, 3.8) is 0 Å². The average Bonchev–Trinajstić information content (AvgIpc) is 2.18. The summed E-state index contributed by atoms with van der Waals surface area (Å²) in [5, 5.41) is 13.4. The van der Waals surface area contributed by atoms with Crippen LogP contribution in [0.4, 0.5) is 10.6 Å². The highest BCUT2D eigenvalue weighted by Gasteiger charge is 2.00. The zero-order chi connectivity index (χ0) is 10.4. The van der Waals surface area contributed by atoms with Gasteiger partial charge in [-0.15, -0.1) is 0 Å². The molecule has 0 aliphatic carbocycles. The van der Waals surface area contributed by atoms with E-state index in [9.17, 15) is 4.79 Å². The fourth-order valence-corrected chi connectivity index (χ4v) is 1.01. The topological polar surface area (TPSA) is 74.2 Å². The zero-order valence-corrected chi connectivity index (χ0v) is 8.91. The van der Waals surface area contributed by atoms with E-state index in [4.69, 9.17) is 5.11 Å². The second-order valence-corrected chi connectivity index (χ2v) is 3.38. The summed E-state index contributed by atoms with van der Waals surface area (Å²) < 4.78 is 0.846. The van der Waals surface area contributed by atoms with Crippen LogP contribution in [0.15, 0.2) is 22.8 Å². The molecule has 0 aromatic carbocycles. The normalized spacial score (nSPS) is 9.57. The molecule has 0 spiro atoms. The van der Waals surface area contributed by atoms with Crippen LogP contribution >= 0.6 is 15.9 Å². The van der Waals surface area contributed by atoms with E-state index in [1.165, 1.54) is 0 Å². The Balaban J connectivity index is 2.44. The second kappa shape index (κ2) is 5.56. The van der Waals surface area contributed by atoms with Gasteiger partial charge in [-0.05, 0) is 28.1 Å². The highest BCUT2D eigenvalue weighted by Crippen LogP contribution is 2.09. The number of nitrogens with one attached hydrogen (secondary N) is 2. The van der Waals surface area contributed by atoms with Gasteiger partial charge in [-0.25, -0.2) is 9.78 Å². The van der Waals surface area contributed by atoms with Crippen LogP contribution in [0, 0.1) is 0 Å². The average molecular weight is 260 g/mol. The molecule has 3 N–H and O–H groups in total. The number of aliphatic hydroxyl groups is 1. The summed E-state index contributed by atoms with van der Waals surface area (Å²) >= 11 is 3.23. The van der Waals surface area contributed by atoms with Crippen LogP contribution in [0.3, 0.4) is 0 Å². The lowest BCUT2D eigenvalue weighted by atomic mass is 10.5. The lowest BCUT2D eigenvalue weighted by Crippen LogP contribution is -2.31. The van der Waals surface area contributed by atoms with Gasteiger partial charge in [0.25, 0.3) is 0 Å². The predicted octanol–water partition coefficient (Wildman–Crippen LogP) is 0.958. The molecule has 6 heteroatoms. The van der Waals surface area contributed by atoms with E-state index < -0.39 is 0 Å². The smallest absolute Gasteiger partial charge is 0.320 e. The van der Waals surface area contributed by atoms with Gasteiger partial charge < -0.3 is 10.4 Å². The summed E-state index contributed by atoms with van der Waals surface area (Å²) in [5.41, 5.74) is 0. The van der Waals surface area contributed by atoms with Crippen LogP contribution in [-0.4, -0.2) is 29.3 Å². The summed E-state index contributed by atoms with van der Waals surface area (Å²) in [4.78, 5) is 15.0. The molecule has 0 bridgehead atoms. The van der Waals surface area contributed by atoms with Gasteiger partial charge in [-0.3, -0.25) is 5.32 Å². The van der Waals surface area contributed by atoms with Gasteiger partial charge in [-0.2, -0.15) is 0 Å². The first-order chi connectivity index (χ1) is 6.72. The first-order valence-electron chi connectivity index (χ1n) is 3.99. The molecular weight excluding hydrogens is 250 g/mol. The Morgan fingerprint density at radius 2 is 2.36 bits per heavy atom. The minimum Gasteiger partial charge on any atom is -0.395 e. The van der Waals surface area contributed by atoms with Crippen LogP contribution in [0.25, 0.3) is 0 Å². The van der Waals surface area contributed by atoms with Crippen molar-refractivity contribution in [3.05, 3.63) is 22.8 Å². The molecule has 0 fully saturated rings. The maximum absolute atomic E-state index is 11.1. The number of aromatic nitrogens is 1. The lowest BCUT2D eigenvalue weighted by Gasteiger charge is -2.04. The number of rotatable bonds is 3. The van der Waals surface area contributed by atoms with Crippen molar-refractivity contribution in [2.45, 2.75) is 0 Å². The Bertz CT molecular complexity index is 302. The van der Waals surface area contributed by atoms with Crippen molar-refractivity contribution in [1.29, 1.82) is 0 Å². The Morgan fingerprint density at radius 3 is 2.93 bits per heavy atom. The van der Waals surface area contributed by atoms with Crippen molar-refractivity contribution in [2.24, 2.45) is 0 Å². The molecule has 0 radical (unpaired) electrons. The van der Waals surface area contributed by atoms with Crippen LogP contribution < -0.4 is 10.6 Å². The molecule has 0 aliphatic heterocycles. The third-order valence-corrected chi connectivity index (χ3v) is 1.84. The monoisotopic (exact) mass is 259 g/mol. The van der Waals surface area contributed by atoms with Gasteiger partial charge >= 0.3 is 6.03 Å². The van der Waals surface area contributed by atoms with E-state index in [0.29, 0.717) is 5.82 Å². The Hall–Kier alpha value is -1.14. The Kier molecular flexibility index (Phi) is 4.34. The van der Waals surface area contributed by atoms with Gasteiger partial charge in [0, 0.05) is 17.2 Å². The second-order valence-electron chi connectivity index (χ2n) is 2.47. The molecule has 1 heterocycles. The fraction of sp³-hybridized carbons (Fsp3) is 0.250. The third kappa shape index (κ3) is 3.71. The molecule has 76 valence electrons. The van der Waals surface area contributed by atoms with Gasteiger partial charge in [0.15, 0.2) is 0 Å². The number of carbonyl (C=O) groups is 1. The van der Waals surface area contributed by atoms with Crippen LogP contribution in [0.5, 0.6) is 0 Å². The number of hydrogen-bond acceptors (Lipinski definition) is 3. The zero-order valence-electron chi connectivity index (χ0n) is 7.33. The molecule has 0 atom stereocenters. The highest BCUT2D eigenvalue weighted by molar-refractivity contribution is 9.10. The molecule has 14 heavy (non-hydrogen) atoms. The molecule has 0 saturated carbocycles. The molecule has 0 unspecified atom stereocenters. The first-order valence-corrected chi connectivity index (χ1v) is 4.79. The summed E-state index contributed by atoms with van der Waals surface area (Å²) in [6.45, 7) is 0.142. The van der Waals surface area contributed by atoms with E-state index >= 15 is 0 Å². The SMILES string of the molecule is O=C(NCCO)Nc1ccc(Br)cn1. The molecule has 1 rings (SSSR count). The number of hydrogen-bond donors (Lipinski definition) is 3. The largest absolute Gasteiger partial charge is 0.395 e. The predicted molar refractivity (Wildman–Crippen MR) is 56.0 cm³/mol. The van der Waals surface area contributed by atoms with E-state index in [1.807, 2.05) is 0 Å². The van der Waals surface area contributed by atoms with Crippen molar-refractivity contribution >= 4 is 27.8 Å². The molecule has 0 aliphatic rings. The summed E-state index contributed by atoms with van der Waals surface area (Å²) in [6, 6.07) is 3.06. The van der Waals surface area contributed by atoms with Crippen LogP contribution in [0.2, 0.25) is 0 Å². The van der Waals surface area contributed by atoms with Gasteiger partial charge in [0.1, 0.15) is 5.82 Å². The number of amides is 2. The number of urea groups is 1. The van der Waals surface area contributed by atoms with Gasteiger partial charge in [0.2, 0.25) is 0 Å². The van der Waals surface area contributed by atoms with Crippen molar-refractivity contribution in [3.8, 4) is 0 Å². The number of carbonyl (C=O) groups excluding carboxylic acids is 1. The minimum atomic E-state index is -0.381. The highest BCUT2D eigenvalue weighted by atomic mass is 79.9. The maximum Gasteiger partial charge on any atom is 0.320 e. The van der Waals surface area contributed by atoms with Crippen molar-refractivity contribution < 1.29 is 9.90 Å². The number of pyridine rings is 1. The molecule has 0 saturated heterocycles. The van der Waals surface area contributed by atoms with Crippen LogP contribution in [-0.2, 0) is 0 Å². The van der Waals surface area contributed by atoms with Crippen LogP contribution in [0.1, 0.15) is 0 Å². The summed E-state index contributed by atoms with van der Waals surface area (Å²) in [7, 11) is 0. The minimum absolute atomic E-state index is 0.0822. The third-order valence-electron chi connectivity index (χ3n) is 1.37. The lowest BCUT2D eigenvalue weighted by molar-refractivity contribution is 0.244. The molecule has 1 aromatic heterocycles. The first kappa shape index (κ1) is 10.9. The van der Waals surface area contributed by atoms with Gasteiger partial charge in [-0.1, -0.05) is 0 Å². The molecular formula is C8H10BrN3O2. The van der Waals surface area contributed by atoms with Crippen molar-refractivity contribution in [1.82, 2.24) is 10.3 Å². The molecule has 1 aromatic rings. The summed E-state index contributed by atoms with van der Waals surface area (Å²) in [5.74, 6) is 0.462. The van der Waals surface area contributed by atoms with Gasteiger partial charge in [0.05, 0.1) is 6.61 Å². The molecule has 5 nitrogen and oxygen atoms in total. The van der Waals surface area contributed by atoms with E-state index in [0.717, 1.165) is 4.47 Å². The number of aliphatic hydroxyl groups excluding tert-OH is 1. The maximum atomic E-state index is 11.1. The van der Waals surface area contributed by atoms with E-state index in [1.54, 1.807) is 18.3 Å². The number of nitrogens with zero attached hydrogens (tertiary/aromatic N) is 1. The van der Waals surface area contributed by atoms with E-state index in [-0.39, 0.29) is 19.2 Å². The molecule has 2 amide bonds. The number of anilines is 1.